The monoisotopic (exact) mass is 901 g/mol. The molecule has 10 atom stereocenters. The zero-order chi connectivity index (χ0) is 44.4. The molecule has 1 unspecified atom stereocenters. The van der Waals surface area contributed by atoms with Crippen LogP contribution in [0, 0.1) is 56.7 Å². The molecule has 5 fully saturated rings. The lowest BCUT2D eigenvalue weighted by atomic mass is 9.32. The van der Waals surface area contributed by atoms with E-state index in [-0.39, 0.29) is 70.0 Å². The van der Waals surface area contributed by atoms with Crippen LogP contribution in [-0.2, 0) is 22.7 Å². The summed E-state index contributed by atoms with van der Waals surface area (Å²) in [5.41, 5.74) is 15.9. The molecule has 12 nitrogen and oxygen atoms in total. The smallest absolute Gasteiger partial charge is 0.315 e. The second-order valence-electron chi connectivity index (χ2n) is 20.3. The zero-order valence-electron chi connectivity index (χ0n) is 38.3. The van der Waals surface area contributed by atoms with Crippen molar-refractivity contribution >= 4 is 48.8 Å². The third-order valence-electron chi connectivity index (χ3n) is 16.8. The number of carbonyl (C=O) groups is 4. The van der Waals surface area contributed by atoms with Crippen LogP contribution in [0.25, 0.3) is 0 Å². The molecular weight excluding hydrogens is 827 g/mol. The van der Waals surface area contributed by atoms with E-state index < -0.39 is 11.9 Å². The van der Waals surface area contributed by atoms with Crippen LogP contribution in [0.2, 0.25) is 0 Å². The molecule has 2 aromatic rings. The number of urea groups is 2. The Balaban J connectivity index is 0.000000945. The lowest BCUT2D eigenvalue weighted by Gasteiger charge is -2.73. The SMILES string of the molecule is C=C(C)[C@@H]1CC[C@]2(CN(Cc3ccccn3)C(N)=O)CC[C@]3(C)[C@H](CC[C@@H]4[C@@]5(C)CCC(N(Cc6ccccn6)C(N)=O)C(C)(C)[C@@H]5CC[C@]43C)[C@@H]12.CC(=O)O.CC(=O)O.Cl.Cl. The Labute approximate surface area is 382 Å². The molecule has 0 aromatic carbocycles. The summed E-state index contributed by atoms with van der Waals surface area (Å²) in [5.74, 6) is 0.969. The van der Waals surface area contributed by atoms with Gasteiger partial charge in [0.05, 0.1) is 24.5 Å². The van der Waals surface area contributed by atoms with Crippen LogP contribution >= 0.6 is 24.8 Å². The van der Waals surface area contributed by atoms with Crippen molar-refractivity contribution in [1.29, 1.82) is 0 Å². The summed E-state index contributed by atoms with van der Waals surface area (Å²) in [6.45, 7) is 23.4. The molecule has 346 valence electrons. The van der Waals surface area contributed by atoms with E-state index in [0.29, 0.717) is 49.2 Å². The zero-order valence-corrected chi connectivity index (χ0v) is 39.9. The van der Waals surface area contributed by atoms with Gasteiger partial charge in [-0.1, -0.05) is 58.9 Å². The summed E-state index contributed by atoms with van der Waals surface area (Å²) in [6.07, 6.45) is 15.1. The van der Waals surface area contributed by atoms with Crippen molar-refractivity contribution in [3.05, 3.63) is 72.3 Å². The summed E-state index contributed by atoms with van der Waals surface area (Å²) in [6, 6.07) is 11.2. The maximum atomic E-state index is 13.1. The Morgan fingerprint density at radius 2 is 1.27 bits per heavy atom. The van der Waals surface area contributed by atoms with Gasteiger partial charge >= 0.3 is 12.1 Å². The minimum absolute atomic E-state index is 0. The minimum atomic E-state index is -0.833. The quantitative estimate of drug-likeness (QED) is 0.188. The molecule has 2 aromatic heterocycles. The van der Waals surface area contributed by atoms with Gasteiger partial charge in [0.15, 0.2) is 0 Å². The van der Waals surface area contributed by atoms with Gasteiger partial charge in [0.25, 0.3) is 11.9 Å². The van der Waals surface area contributed by atoms with E-state index in [1.54, 1.807) is 12.4 Å². The molecular formula is C48H74Cl2N6O6. The number of allylic oxidation sites excluding steroid dienone is 1. The van der Waals surface area contributed by atoms with E-state index in [1.165, 1.54) is 37.7 Å². The molecule has 7 rings (SSSR count). The van der Waals surface area contributed by atoms with Gasteiger partial charge in [0, 0.05) is 38.8 Å². The molecule has 0 spiro atoms. The number of hydrogen-bond acceptors (Lipinski definition) is 6. The normalized spacial score (nSPS) is 33.4. The van der Waals surface area contributed by atoms with E-state index in [4.69, 9.17) is 31.3 Å². The fourth-order valence-electron chi connectivity index (χ4n) is 14.4. The van der Waals surface area contributed by atoms with Crippen LogP contribution in [0.15, 0.2) is 60.9 Å². The van der Waals surface area contributed by atoms with Crippen molar-refractivity contribution in [3.63, 3.8) is 0 Å². The first kappa shape index (κ1) is 52.4. The standard InChI is InChI=1S/C44H64N6O2.2C2H4O2.2ClH/c1-29(2)32-16-21-44(28-49(38(45)51)26-30-12-8-10-24-47-30)23-22-42(6)33(37(32)44)14-15-35-41(5)19-18-36(40(3,4)34(41)17-20-43(35,42)7)50(39(46)52)27-31-13-9-11-25-48-31;2*1-2(3)4;;/h8-13,24-25,32-37H,1,14-23,26-28H2,2-7H3,(H2,45,51)(H2,46,52);2*1H3,(H,3,4);2*1H/t32-,33+,34-,35+,36?,37+,41-,42+,43+,44+;;;;/m0..../s1. The third kappa shape index (κ3) is 10.1. The first-order valence-electron chi connectivity index (χ1n) is 22.0. The summed E-state index contributed by atoms with van der Waals surface area (Å²) >= 11 is 0. The number of primary amides is 2. The number of carboxylic acids is 2. The van der Waals surface area contributed by atoms with Gasteiger partial charge in [0.1, 0.15) is 0 Å². The number of nitrogens with zero attached hydrogens (tertiary/aromatic N) is 4. The van der Waals surface area contributed by atoms with Crippen LogP contribution in [0.5, 0.6) is 0 Å². The van der Waals surface area contributed by atoms with Gasteiger partial charge in [-0.15, -0.1) is 24.8 Å². The second-order valence-corrected chi connectivity index (χ2v) is 20.3. The summed E-state index contributed by atoms with van der Waals surface area (Å²) in [7, 11) is 0. The molecule has 62 heavy (non-hydrogen) atoms. The number of pyridine rings is 2. The van der Waals surface area contributed by atoms with Crippen molar-refractivity contribution in [1.82, 2.24) is 19.8 Å². The number of fused-ring (bicyclic) bond motifs is 7. The molecule has 2 heterocycles. The predicted octanol–water partition coefficient (Wildman–Crippen LogP) is 9.99. The fourth-order valence-corrected chi connectivity index (χ4v) is 14.4. The average Bonchev–Trinajstić information content (AvgIpc) is 3.54. The van der Waals surface area contributed by atoms with Crippen LogP contribution in [0.1, 0.15) is 131 Å². The summed E-state index contributed by atoms with van der Waals surface area (Å²) in [4.78, 5) is 57.0. The van der Waals surface area contributed by atoms with Gasteiger partial charge < -0.3 is 31.5 Å². The van der Waals surface area contributed by atoms with E-state index in [2.05, 4.69) is 58.1 Å². The lowest BCUT2D eigenvalue weighted by molar-refractivity contribution is -0.243. The van der Waals surface area contributed by atoms with E-state index in [1.807, 2.05) is 46.2 Å². The minimum Gasteiger partial charge on any atom is -0.481 e. The molecule has 5 aliphatic rings. The van der Waals surface area contributed by atoms with Crippen LogP contribution in [-0.4, -0.2) is 66.6 Å². The maximum absolute atomic E-state index is 13.1. The fraction of sp³-hybridized carbons (Fsp3) is 0.667. The second kappa shape index (κ2) is 20.3. The summed E-state index contributed by atoms with van der Waals surface area (Å²) < 4.78 is 0. The highest BCUT2D eigenvalue weighted by atomic mass is 35.5. The number of aliphatic carboxylic acids is 2. The van der Waals surface area contributed by atoms with Gasteiger partial charge in [0.2, 0.25) is 0 Å². The van der Waals surface area contributed by atoms with Crippen molar-refractivity contribution in [2.24, 2.45) is 68.1 Å². The molecule has 6 N–H and O–H groups in total. The van der Waals surface area contributed by atoms with Gasteiger partial charge in [-0.25, -0.2) is 9.59 Å². The van der Waals surface area contributed by atoms with Crippen LogP contribution in [0.4, 0.5) is 9.59 Å². The van der Waals surface area contributed by atoms with Crippen molar-refractivity contribution in [3.8, 4) is 0 Å². The Hall–Kier alpha value is -3.90. The Morgan fingerprint density at radius 1 is 0.710 bits per heavy atom. The number of hydrogen-bond donors (Lipinski definition) is 4. The van der Waals surface area contributed by atoms with Crippen LogP contribution < -0.4 is 11.5 Å². The number of halogens is 2. The number of aromatic nitrogens is 2. The molecule has 4 amide bonds. The van der Waals surface area contributed by atoms with E-state index in [9.17, 15) is 9.59 Å². The van der Waals surface area contributed by atoms with Crippen molar-refractivity contribution in [2.45, 2.75) is 139 Å². The van der Waals surface area contributed by atoms with E-state index >= 15 is 0 Å². The van der Waals surface area contributed by atoms with Crippen molar-refractivity contribution < 1.29 is 29.4 Å². The number of rotatable bonds is 8. The molecule has 5 saturated carbocycles. The van der Waals surface area contributed by atoms with Gasteiger partial charge in [-0.3, -0.25) is 19.6 Å². The van der Waals surface area contributed by atoms with E-state index in [0.717, 1.165) is 57.3 Å². The highest BCUT2D eigenvalue weighted by Crippen LogP contribution is 2.77. The summed E-state index contributed by atoms with van der Waals surface area (Å²) in [5, 5.41) is 14.8. The molecule has 0 saturated heterocycles. The largest absolute Gasteiger partial charge is 0.481 e. The topological polar surface area (TPSA) is 193 Å². The molecule has 0 aliphatic heterocycles. The van der Waals surface area contributed by atoms with Crippen LogP contribution in [0.3, 0.4) is 0 Å². The first-order valence-corrected chi connectivity index (χ1v) is 22.0. The maximum Gasteiger partial charge on any atom is 0.315 e. The number of carbonyl (C=O) groups excluding carboxylic acids is 2. The predicted molar refractivity (Wildman–Crippen MR) is 247 cm³/mol. The van der Waals surface area contributed by atoms with Gasteiger partial charge in [-0.2, -0.15) is 0 Å². The van der Waals surface area contributed by atoms with Gasteiger partial charge in [-0.05, 0) is 152 Å². The molecule has 0 radical (unpaired) electrons. The molecule has 14 heteroatoms. The number of carboxylic acid groups (broad SMARTS) is 2. The van der Waals surface area contributed by atoms with Crippen molar-refractivity contribution in [2.75, 3.05) is 6.54 Å². The molecule has 5 aliphatic carbocycles. The Bertz CT molecular complexity index is 1870. The number of nitrogens with two attached hydrogens (primary N) is 2. The Morgan fingerprint density at radius 3 is 1.77 bits per heavy atom. The third-order valence-corrected chi connectivity index (χ3v) is 16.8. The Kier molecular flexibility index (Phi) is 17.2. The highest BCUT2D eigenvalue weighted by molar-refractivity contribution is 5.85. The molecule has 0 bridgehead atoms. The number of amides is 4. The first-order chi connectivity index (χ1) is 28.0. The highest BCUT2D eigenvalue weighted by Gasteiger charge is 2.71. The average molecular weight is 902 g/mol. The lowest BCUT2D eigenvalue weighted by Crippen LogP contribution is -2.68.